The molecule has 3 heteroatoms. The Kier molecular flexibility index (Phi) is 4.56. The summed E-state index contributed by atoms with van der Waals surface area (Å²) in [5, 5.41) is 0. The number of Topliss-reactive ketones (excluding diaryl/α,β-unsaturated/α-hetero) is 1. The third-order valence-electron chi connectivity index (χ3n) is 4.18. The number of rotatable bonds is 1. The Morgan fingerprint density at radius 3 is 2.21 bits per heavy atom. The first-order valence-electron chi connectivity index (χ1n) is 7.30. The minimum atomic E-state index is 0.204. The molecule has 1 heterocycles. The van der Waals surface area contributed by atoms with Crippen LogP contribution in [0.15, 0.2) is 23.9 Å². The van der Waals surface area contributed by atoms with Crippen molar-refractivity contribution < 1.29 is 9.59 Å². The van der Waals surface area contributed by atoms with Gasteiger partial charge in [0.15, 0.2) is 11.6 Å². The zero-order chi connectivity index (χ0) is 13.8. The van der Waals surface area contributed by atoms with Gasteiger partial charge in [0.05, 0.1) is 5.70 Å². The normalized spacial score (nSPS) is 29.6. The molecule has 3 aliphatic rings. The van der Waals surface area contributed by atoms with E-state index in [1.807, 2.05) is 13.0 Å². The fourth-order valence-corrected chi connectivity index (χ4v) is 2.69. The van der Waals surface area contributed by atoms with Crippen molar-refractivity contribution in [3.63, 3.8) is 0 Å². The van der Waals surface area contributed by atoms with Crippen LogP contribution in [0.4, 0.5) is 0 Å². The molecule has 0 N–H and O–H groups in total. The van der Waals surface area contributed by atoms with Gasteiger partial charge in [-0.3, -0.25) is 9.59 Å². The molecule has 0 aromatic heterocycles. The van der Waals surface area contributed by atoms with Crippen LogP contribution in [0.25, 0.3) is 0 Å². The minimum Gasteiger partial charge on any atom is -0.369 e. The van der Waals surface area contributed by atoms with Crippen LogP contribution in [0.1, 0.15) is 39.5 Å². The highest BCUT2D eigenvalue weighted by molar-refractivity contribution is 5.99. The molecule has 0 aromatic carbocycles. The van der Waals surface area contributed by atoms with Crippen molar-refractivity contribution in [2.75, 3.05) is 13.1 Å². The maximum absolute atomic E-state index is 11.8. The molecule has 1 fully saturated rings. The van der Waals surface area contributed by atoms with E-state index in [1.54, 1.807) is 6.08 Å². The Hall–Kier alpha value is -1.38. The van der Waals surface area contributed by atoms with Crippen molar-refractivity contribution in [1.82, 2.24) is 4.90 Å². The highest BCUT2D eigenvalue weighted by Gasteiger charge is 2.33. The molecule has 2 unspecified atom stereocenters. The maximum atomic E-state index is 11.8. The first-order valence-corrected chi connectivity index (χ1v) is 7.30. The predicted molar refractivity (Wildman–Crippen MR) is 75.6 cm³/mol. The molecule has 3 rings (SSSR count). The van der Waals surface area contributed by atoms with Crippen LogP contribution < -0.4 is 0 Å². The average molecular weight is 261 g/mol. The third kappa shape index (κ3) is 3.34. The van der Waals surface area contributed by atoms with Crippen LogP contribution in [0.5, 0.6) is 0 Å². The lowest BCUT2D eigenvalue weighted by molar-refractivity contribution is -0.119. The smallest absolute Gasteiger partial charge is 0.181 e. The van der Waals surface area contributed by atoms with Gasteiger partial charge in [-0.2, -0.15) is 0 Å². The van der Waals surface area contributed by atoms with E-state index >= 15 is 0 Å². The highest BCUT2D eigenvalue weighted by Crippen LogP contribution is 2.30. The molecule has 1 saturated heterocycles. The maximum Gasteiger partial charge on any atom is 0.181 e. The molecule has 104 valence electrons. The van der Waals surface area contributed by atoms with Crippen molar-refractivity contribution in [3.8, 4) is 0 Å². The highest BCUT2D eigenvalue weighted by atomic mass is 16.1. The van der Waals surface area contributed by atoms with Gasteiger partial charge in [-0.05, 0) is 31.3 Å². The Morgan fingerprint density at radius 2 is 1.84 bits per heavy atom. The predicted octanol–water partition coefficient (Wildman–Crippen LogP) is 2.73. The Labute approximate surface area is 115 Å². The van der Waals surface area contributed by atoms with Crippen LogP contribution in [0, 0.1) is 11.8 Å². The summed E-state index contributed by atoms with van der Waals surface area (Å²) >= 11 is 0. The Bertz CT molecular complexity index is 416. The number of likely N-dealkylation sites (tertiary alicyclic amines) is 1. The number of nitrogens with zero attached hydrogens (tertiary/aromatic N) is 1. The summed E-state index contributed by atoms with van der Waals surface area (Å²) < 4.78 is 0. The van der Waals surface area contributed by atoms with Crippen LogP contribution >= 0.6 is 0 Å². The zero-order valence-corrected chi connectivity index (χ0v) is 11.9. The molecule has 3 nitrogen and oxygen atoms in total. The summed E-state index contributed by atoms with van der Waals surface area (Å²) in [5.41, 5.74) is 0.998. The lowest BCUT2D eigenvalue weighted by Gasteiger charge is -2.17. The Balaban J connectivity index is 0.000000186. The number of carbonyl (C=O) groups excluding carboxylic acids is 2. The monoisotopic (exact) mass is 261 g/mol. The molecular weight excluding hydrogens is 238 g/mol. The first kappa shape index (κ1) is 14.0. The van der Waals surface area contributed by atoms with E-state index in [4.69, 9.17) is 0 Å². The third-order valence-corrected chi connectivity index (χ3v) is 4.18. The summed E-state index contributed by atoms with van der Waals surface area (Å²) in [6.45, 7) is 6.33. The molecule has 2 atom stereocenters. The lowest BCUT2D eigenvalue weighted by Crippen LogP contribution is -2.24. The number of carbonyl (C=O) groups is 2. The molecule has 1 aliphatic heterocycles. The summed E-state index contributed by atoms with van der Waals surface area (Å²) in [4.78, 5) is 24.2. The van der Waals surface area contributed by atoms with E-state index in [2.05, 4.69) is 17.9 Å². The summed E-state index contributed by atoms with van der Waals surface area (Å²) in [6.07, 6.45) is 9.88. The lowest BCUT2D eigenvalue weighted by atomic mass is 9.99. The van der Waals surface area contributed by atoms with Crippen LogP contribution in [0.3, 0.4) is 0 Å². The fraction of sp³-hybridized carbons (Fsp3) is 0.625. The molecule has 0 spiro atoms. The average Bonchev–Trinajstić information content (AvgIpc) is 3.10. The van der Waals surface area contributed by atoms with Crippen LogP contribution in [-0.2, 0) is 9.59 Å². The molecule has 0 bridgehead atoms. The van der Waals surface area contributed by atoms with Crippen molar-refractivity contribution in [3.05, 3.63) is 23.9 Å². The van der Waals surface area contributed by atoms with E-state index in [9.17, 15) is 9.59 Å². The summed E-state index contributed by atoms with van der Waals surface area (Å²) in [5.74, 6) is 1.27. The topological polar surface area (TPSA) is 37.4 Å². The quantitative estimate of drug-likeness (QED) is 0.728. The molecule has 0 aromatic rings. The Morgan fingerprint density at radius 1 is 1.16 bits per heavy atom. The fourth-order valence-electron chi connectivity index (χ4n) is 2.69. The first-order chi connectivity index (χ1) is 9.09. The van der Waals surface area contributed by atoms with Gasteiger partial charge in [0.2, 0.25) is 0 Å². The number of ketones is 2. The summed E-state index contributed by atoms with van der Waals surface area (Å²) in [6, 6.07) is 0. The van der Waals surface area contributed by atoms with Gasteiger partial charge in [0.1, 0.15) is 0 Å². The second-order valence-electron chi connectivity index (χ2n) is 5.67. The molecular formula is C16H23NO2. The van der Waals surface area contributed by atoms with Gasteiger partial charge in [-0.25, -0.2) is 0 Å². The molecule has 0 saturated carbocycles. The molecule has 0 amide bonds. The number of allylic oxidation sites excluding steroid dienone is 4. The van der Waals surface area contributed by atoms with Gasteiger partial charge in [-0.15, -0.1) is 0 Å². The summed E-state index contributed by atoms with van der Waals surface area (Å²) in [7, 11) is 0. The number of hydrogen-bond acceptors (Lipinski definition) is 3. The van der Waals surface area contributed by atoms with Crippen molar-refractivity contribution in [2.24, 2.45) is 11.8 Å². The molecule has 0 radical (unpaired) electrons. The van der Waals surface area contributed by atoms with E-state index in [0.29, 0.717) is 11.7 Å². The van der Waals surface area contributed by atoms with Crippen LogP contribution in [-0.4, -0.2) is 29.6 Å². The zero-order valence-electron chi connectivity index (χ0n) is 11.9. The van der Waals surface area contributed by atoms with Gasteiger partial charge in [0, 0.05) is 25.4 Å². The number of hydrogen-bond donors (Lipinski definition) is 0. The van der Waals surface area contributed by atoms with E-state index in [0.717, 1.165) is 31.6 Å². The standard InChI is InChI=1S/C11H17NO.C5H6O/c1-8-7-10(11(13)9(8)2)12-5-3-4-6-12;6-5-3-1-2-4-5/h7-9H,3-6H2,1-2H3;1,3H,2,4H2. The van der Waals surface area contributed by atoms with Gasteiger partial charge >= 0.3 is 0 Å². The van der Waals surface area contributed by atoms with E-state index < -0.39 is 0 Å². The van der Waals surface area contributed by atoms with Gasteiger partial charge in [-0.1, -0.05) is 26.0 Å². The van der Waals surface area contributed by atoms with E-state index in [-0.39, 0.29) is 11.7 Å². The largest absolute Gasteiger partial charge is 0.369 e. The van der Waals surface area contributed by atoms with E-state index in [1.165, 1.54) is 12.8 Å². The molecule has 2 aliphatic carbocycles. The van der Waals surface area contributed by atoms with Crippen LogP contribution in [0.2, 0.25) is 0 Å². The van der Waals surface area contributed by atoms with Gasteiger partial charge in [0.25, 0.3) is 0 Å². The second kappa shape index (κ2) is 6.18. The minimum absolute atomic E-state index is 0.204. The molecule has 19 heavy (non-hydrogen) atoms. The van der Waals surface area contributed by atoms with Crippen molar-refractivity contribution in [2.45, 2.75) is 39.5 Å². The van der Waals surface area contributed by atoms with Gasteiger partial charge < -0.3 is 4.90 Å². The van der Waals surface area contributed by atoms with Crippen molar-refractivity contribution >= 4 is 11.6 Å². The SMILES string of the molecule is CC1C=C(N2CCCC2)C(=O)C1C.O=C1C=CCC1. The second-order valence-corrected chi connectivity index (χ2v) is 5.67. The van der Waals surface area contributed by atoms with Crippen molar-refractivity contribution in [1.29, 1.82) is 0 Å².